The Hall–Kier alpha value is -1.32. The van der Waals surface area contributed by atoms with Crippen LogP contribution in [-0.4, -0.2) is 26.9 Å². The highest BCUT2D eigenvalue weighted by Gasteiger charge is 1.93. The first kappa shape index (κ1) is 12.7. The number of methoxy groups -OCH3 is 1. The predicted octanol–water partition coefficient (Wildman–Crippen LogP) is 1.77. The van der Waals surface area contributed by atoms with Crippen LogP contribution < -0.4 is 10.5 Å². The third-order valence-electron chi connectivity index (χ3n) is 2.13. The molecule has 0 radical (unpaired) electrons. The van der Waals surface area contributed by atoms with Gasteiger partial charge in [-0.15, -0.1) is 0 Å². The lowest BCUT2D eigenvalue weighted by molar-refractivity contribution is 0.233. The summed E-state index contributed by atoms with van der Waals surface area (Å²) in [5.41, 5.74) is 6.71. The van der Waals surface area contributed by atoms with Crippen LogP contribution in [0.15, 0.2) is 36.4 Å². The van der Waals surface area contributed by atoms with Gasteiger partial charge in [-0.05, 0) is 36.7 Å². The van der Waals surface area contributed by atoms with E-state index in [0.29, 0.717) is 19.8 Å². The van der Waals surface area contributed by atoms with Gasteiger partial charge in [-0.25, -0.2) is 0 Å². The molecule has 16 heavy (non-hydrogen) atoms. The van der Waals surface area contributed by atoms with Crippen LogP contribution in [0.4, 0.5) is 0 Å². The van der Waals surface area contributed by atoms with Gasteiger partial charge in [0.15, 0.2) is 0 Å². The molecule has 0 heterocycles. The fourth-order valence-corrected chi connectivity index (χ4v) is 1.30. The molecule has 0 atom stereocenters. The van der Waals surface area contributed by atoms with Crippen molar-refractivity contribution >= 4 is 0 Å². The largest absolute Gasteiger partial charge is 0.490 e. The van der Waals surface area contributed by atoms with Crippen LogP contribution in [-0.2, 0) is 11.2 Å². The maximum absolute atomic E-state index is 5.51. The topological polar surface area (TPSA) is 44.5 Å². The third-order valence-corrected chi connectivity index (χ3v) is 2.13. The van der Waals surface area contributed by atoms with Gasteiger partial charge in [0.2, 0.25) is 0 Å². The second-order valence-corrected chi connectivity index (χ2v) is 3.42. The van der Waals surface area contributed by atoms with Gasteiger partial charge in [-0.3, -0.25) is 0 Å². The first-order valence-electron chi connectivity index (χ1n) is 5.42. The van der Waals surface area contributed by atoms with Crippen molar-refractivity contribution in [2.75, 3.05) is 26.9 Å². The Balaban J connectivity index is 2.31. The Bertz CT molecular complexity index is 306. The van der Waals surface area contributed by atoms with Gasteiger partial charge in [0, 0.05) is 7.11 Å². The predicted molar refractivity (Wildman–Crippen MR) is 65.7 cm³/mol. The molecule has 3 heteroatoms. The second-order valence-electron chi connectivity index (χ2n) is 3.42. The molecule has 2 N–H and O–H groups in total. The van der Waals surface area contributed by atoms with Gasteiger partial charge in [0.25, 0.3) is 0 Å². The molecule has 88 valence electrons. The molecular formula is C13H19NO2. The molecule has 0 amide bonds. The molecule has 3 nitrogen and oxygen atoms in total. The zero-order valence-electron chi connectivity index (χ0n) is 9.69. The van der Waals surface area contributed by atoms with E-state index in [1.165, 1.54) is 5.56 Å². The average molecular weight is 221 g/mol. The quantitative estimate of drug-likeness (QED) is 0.714. The van der Waals surface area contributed by atoms with Gasteiger partial charge < -0.3 is 15.2 Å². The molecule has 0 aliphatic carbocycles. The molecule has 0 fully saturated rings. The Labute approximate surface area is 96.9 Å². The molecule has 0 aliphatic rings. The van der Waals surface area contributed by atoms with Gasteiger partial charge in [0.1, 0.15) is 12.4 Å². The summed E-state index contributed by atoms with van der Waals surface area (Å²) in [6, 6.07) is 8.02. The molecule has 0 saturated heterocycles. The summed E-state index contributed by atoms with van der Waals surface area (Å²) < 4.78 is 10.4. The maximum atomic E-state index is 5.51. The first-order valence-corrected chi connectivity index (χ1v) is 5.42. The Morgan fingerprint density at radius 3 is 2.44 bits per heavy atom. The van der Waals surface area contributed by atoms with Gasteiger partial charge in [-0.2, -0.15) is 0 Å². The van der Waals surface area contributed by atoms with Gasteiger partial charge in [0.05, 0.1) is 6.61 Å². The summed E-state index contributed by atoms with van der Waals surface area (Å²) in [5.74, 6) is 0.878. The van der Waals surface area contributed by atoms with Crippen LogP contribution in [0.2, 0.25) is 0 Å². The molecular weight excluding hydrogens is 202 g/mol. The first-order chi connectivity index (χ1) is 7.86. The SMILES string of the molecule is COC/C=C\COc1ccc(CCN)cc1. The minimum absolute atomic E-state index is 0.569. The summed E-state index contributed by atoms with van der Waals surface area (Å²) >= 11 is 0. The summed E-state index contributed by atoms with van der Waals surface area (Å²) in [6.07, 6.45) is 4.79. The lowest BCUT2D eigenvalue weighted by Crippen LogP contribution is -2.02. The Kier molecular flexibility index (Phi) is 6.30. The van der Waals surface area contributed by atoms with E-state index in [1.807, 2.05) is 36.4 Å². The molecule has 1 aromatic rings. The molecule has 1 rings (SSSR count). The highest BCUT2D eigenvalue weighted by molar-refractivity contribution is 5.27. The summed E-state index contributed by atoms with van der Waals surface area (Å²) in [5, 5.41) is 0. The van der Waals surface area contributed by atoms with Crippen LogP contribution in [0, 0.1) is 0 Å². The molecule has 0 spiro atoms. The number of rotatable bonds is 7. The molecule has 0 saturated carbocycles. The molecule has 0 aliphatic heterocycles. The van der Waals surface area contributed by atoms with E-state index < -0.39 is 0 Å². The third kappa shape index (κ3) is 4.96. The molecule has 0 bridgehead atoms. The van der Waals surface area contributed by atoms with E-state index in [0.717, 1.165) is 12.2 Å². The normalized spacial score (nSPS) is 10.9. The molecule has 1 aromatic carbocycles. The fraction of sp³-hybridized carbons (Fsp3) is 0.385. The van der Waals surface area contributed by atoms with Crippen LogP contribution in [0.3, 0.4) is 0 Å². The van der Waals surface area contributed by atoms with Crippen molar-refractivity contribution in [1.29, 1.82) is 0 Å². The lowest BCUT2D eigenvalue weighted by Gasteiger charge is -2.04. The summed E-state index contributed by atoms with van der Waals surface area (Å²) in [6.45, 7) is 1.87. The van der Waals surface area contributed by atoms with Crippen LogP contribution >= 0.6 is 0 Å². The van der Waals surface area contributed by atoms with Crippen molar-refractivity contribution in [1.82, 2.24) is 0 Å². The highest BCUT2D eigenvalue weighted by atomic mass is 16.5. The van der Waals surface area contributed by atoms with Crippen molar-refractivity contribution < 1.29 is 9.47 Å². The minimum Gasteiger partial charge on any atom is -0.490 e. The Morgan fingerprint density at radius 2 is 1.81 bits per heavy atom. The van der Waals surface area contributed by atoms with Crippen molar-refractivity contribution in [2.24, 2.45) is 5.73 Å². The zero-order chi connectivity index (χ0) is 11.6. The van der Waals surface area contributed by atoms with Gasteiger partial charge in [-0.1, -0.05) is 18.2 Å². The van der Waals surface area contributed by atoms with E-state index in [1.54, 1.807) is 7.11 Å². The maximum Gasteiger partial charge on any atom is 0.119 e. The number of benzene rings is 1. The monoisotopic (exact) mass is 221 g/mol. The lowest BCUT2D eigenvalue weighted by atomic mass is 10.1. The number of hydrogen-bond donors (Lipinski definition) is 1. The average Bonchev–Trinajstić information content (AvgIpc) is 2.31. The van der Waals surface area contributed by atoms with Gasteiger partial charge >= 0.3 is 0 Å². The van der Waals surface area contributed by atoms with Crippen LogP contribution in [0.25, 0.3) is 0 Å². The van der Waals surface area contributed by atoms with E-state index >= 15 is 0 Å². The Morgan fingerprint density at radius 1 is 1.12 bits per heavy atom. The minimum atomic E-state index is 0.569. The summed E-state index contributed by atoms with van der Waals surface area (Å²) in [7, 11) is 1.67. The van der Waals surface area contributed by atoms with Crippen molar-refractivity contribution in [3.8, 4) is 5.75 Å². The second kappa shape index (κ2) is 7.91. The van der Waals surface area contributed by atoms with E-state index in [2.05, 4.69) is 0 Å². The van der Waals surface area contributed by atoms with Crippen molar-refractivity contribution in [2.45, 2.75) is 6.42 Å². The molecule has 0 aromatic heterocycles. The van der Waals surface area contributed by atoms with Crippen LogP contribution in [0.1, 0.15) is 5.56 Å². The highest BCUT2D eigenvalue weighted by Crippen LogP contribution is 2.12. The van der Waals surface area contributed by atoms with Crippen molar-refractivity contribution in [3.05, 3.63) is 42.0 Å². The van der Waals surface area contributed by atoms with E-state index in [9.17, 15) is 0 Å². The fourth-order valence-electron chi connectivity index (χ4n) is 1.30. The zero-order valence-corrected chi connectivity index (χ0v) is 9.69. The summed E-state index contributed by atoms with van der Waals surface area (Å²) in [4.78, 5) is 0. The van der Waals surface area contributed by atoms with E-state index in [4.69, 9.17) is 15.2 Å². The van der Waals surface area contributed by atoms with Crippen LogP contribution in [0.5, 0.6) is 5.75 Å². The number of hydrogen-bond acceptors (Lipinski definition) is 3. The molecule has 0 unspecified atom stereocenters. The van der Waals surface area contributed by atoms with E-state index in [-0.39, 0.29) is 0 Å². The van der Waals surface area contributed by atoms with Crippen molar-refractivity contribution in [3.63, 3.8) is 0 Å². The number of ether oxygens (including phenoxy) is 2. The number of nitrogens with two attached hydrogens (primary N) is 1. The standard InChI is InChI=1S/C13H19NO2/c1-15-10-2-3-11-16-13-6-4-12(5-7-13)8-9-14/h2-7H,8-11,14H2,1H3/b3-2-. The smallest absolute Gasteiger partial charge is 0.119 e.